The molecule has 154 valence electrons. The average molecular weight is 380 g/mol. The van der Waals surface area contributed by atoms with Crippen LogP contribution in [0.25, 0.3) is 0 Å². The Bertz CT molecular complexity index is 505. The molecule has 0 radical (unpaired) electrons. The molecule has 27 heavy (non-hydrogen) atoms. The van der Waals surface area contributed by atoms with Gasteiger partial charge in [-0.1, -0.05) is 19.8 Å². The van der Waals surface area contributed by atoms with Gasteiger partial charge in [-0.3, -0.25) is 14.7 Å². The van der Waals surface area contributed by atoms with Crippen LogP contribution in [0.15, 0.2) is 4.99 Å². The van der Waals surface area contributed by atoms with Crippen LogP contribution in [0, 0.1) is 5.41 Å². The fourth-order valence-corrected chi connectivity index (χ4v) is 4.30. The van der Waals surface area contributed by atoms with E-state index in [4.69, 9.17) is 9.73 Å². The molecular weight excluding hydrogens is 342 g/mol. The second kappa shape index (κ2) is 9.73. The van der Waals surface area contributed by atoms with Crippen molar-refractivity contribution >= 4 is 11.9 Å². The topological polar surface area (TPSA) is 60.4 Å². The van der Waals surface area contributed by atoms with E-state index in [-0.39, 0.29) is 5.91 Å². The minimum atomic E-state index is 0.237. The molecule has 1 amide bonds. The van der Waals surface area contributed by atoms with Crippen molar-refractivity contribution in [3.05, 3.63) is 0 Å². The zero-order chi connectivity index (χ0) is 19.1. The van der Waals surface area contributed by atoms with Gasteiger partial charge in [0, 0.05) is 52.4 Å². The van der Waals surface area contributed by atoms with Crippen molar-refractivity contribution in [2.45, 2.75) is 39.5 Å². The van der Waals surface area contributed by atoms with E-state index in [1.165, 1.54) is 25.7 Å². The Morgan fingerprint density at radius 2 is 1.70 bits per heavy atom. The molecular formula is C20H37N5O2. The number of nitrogens with zero attached hydrogens (tertiary/aromatic N) is 4. The molecule has 0 spiro atoms. The van der Waals surface area contributed by atoms with Crippen LogP contribution in [-0.4, -0.2) is 98.7 Å². The first-order valence-corrected chi connectivity index (χ1v) is 10.7. The summed E-state index contributed by atoms with van der Waals surface area (Å²) in [6.07, 6.45) is 5.29. The number of hydrogen-bond acceptors (Lipinski definition) is 4. The van der Waals surface area contributed by atoms with Gasteiger partial charge in [-0.15, -0.1) is 0 Å². The van der Waals surface area contributed by atoms with Gasteiger partial charge in [0.1, 0.15) is 0 Å². The lowest BCUT2D eigenvalue weighted by Gasteiger charge is -2.37. The first-order chi connectivity index (χ1) is 13.1. The van der Waals surface area contributed by atoms with Crippen molar-refractivity contribution < 1.29 is 9.53 Å². The van der Waals surface area contributed by atoms with Crippen molar-refractivity contribution in [1.82, 2.24) is 20.0 Å². The van der Waals surface area contributed by atoms with Crippen molar-refractivity contribution in [3.63, 3.8) is 0 Å². The lowest BCUT2D eigenvalue weighted by Crippen LogP contribution is -2.55. The van der Waals surface area contributed by atoms with Crippen molar-refractivity contribution in [2.24, 2.45) is 10.4 Å². The number of guanidine groups is 1. The highest BCUT2D eigenvalue weighted by Gasteiger charge is 2.29. The normalized spacial score (nSPS) is 24.3. The Morgan fingerprint density at radius 1 is 1.04 bits per heavy atom. The summed E-state index contributed by atoms with van der Waals surface area (Å²) >= 11 is 0. The highest BCUT2D eigenvalue weighted by Crippen LogP contribution is 2.37. The fraction of sp³-hybridized carbons (Fsp3) is 0.900. The SMILES string of the molecule is CCNC(=NCC1(C)CCCC1)N1CCN(CC(=O)N2CCOCC2)CC1. The third-order valence-corrected chi connectivity index (χ3v) is 6.15. The molecule has 3 fully saturated rings. The zero-order valence-corrected chi connectivity index (χ0v) is 17.2. The van der Waals surface area contributed by atoms with Gasteiger partial charge in [0.2, 0.25) is 5.91 Å². The van der Waals surface area contributed by atoms with E-state index < -0.39 is 0 Å². The minimum Gasteiger partial charge on any atom is -0.378 e. The number of morpholine rings is 1. The lowest BCUT2D eigenvalue weighted by molar-refractivity contribution is -0.136. The van der Waals surface area contributed by atoms with E-state index >= 15 is 0 Å². The van der Waals surface area contributed by atoms with Crippen molar-refractivity contribution in [3.8, 4) is 0 Å². The molecule has 0 aromatic heterocycles. The second-order valence-electron chi connectivity index (χ2n) is 8.44. The Balaban J connectivity index is 1.47. The van der Waals surface area contributed by atoms with Crippen LogP contribution >= 0.6 is 0 Å². The molecule has 0 unspecified atom stereocenters. The number of piperazine rings is 1. The summed E-state index contributed by atoms with van der Waals surface area (Å²) in [4.78, 5) is 24.0. The van der Waals surface area contributed by atoms with E-state index in [0.29, 0.717) is 25.2 Å². The molecule has 2 heterocycles. The largest absolute Gasteiger partial charge is 0.378 e. The Kier molecular flexibility index (Phi) is 7.35. The van der Waals surface area contributed by atoms with E-state index in [1.807, 2.05) is 4.90 Å². The smallest absolute Gasteiger partial charge is 0.236 e. The number of aliphatic imine (C=N–C) groups is 1. The van der Waals surface area contributed by atoms with Crippen molar-refractivity contribution in [1.29, 1.82) is 0 Å². The van der Waals surface area contributed by atoms with E-state index in [1.54, 1.807) is 0 Å². The summed E-state index contributed by atoms with van der Waals surface area (Å²) in [6, 6.07) is 0. The van der Waals surface area contributed by atoms with Gasteiger partial charge in [0.25, 0.3) is 0 Å². The summed E-state index contributed by atoms with van der Waals surface area (Å²) in [5.74, 6) is 1.28. The molecule has 3 aliphatic rings. The Hall–Kier alpha value is -1.34. The third-order valence-electron chi connectivity index (χ3n) is 6.15. The zero-order valence-electron chi connectivity index (χ0n) is 17.2. The molecule has 1 saturated carbocycles. The second-order valence-corrected chi connectivity index (χ2v) is 8.44. The average Bonchev–Trinajstić information content (AvgIpc) is 3.13. The predicted molar refractivity (Wildman–Crippen MR) is 108 cm³/mol. The van der Waals surface area contributed by atoms with Crippen LogP contribution in [0.3, 0.4) is 0 Å². The standard InChI is InChI=1S/C20H37N5O2/c1-3-21-19(22-17-20(2)6-4-5-7-20)25-10-8-23(9-11-25)16-18(26)24-12-14-27-15-13-24/h3-17H2,1-2H3,(H,21,22). The molecule has 0 atom stereocenters. The Morgan fingerprint density at radius 3 is 2.33 bits per heavy atom. The Labute approximate surface area is 164 Å². The predicted octanol–water partition coefficient (Wildman–Crippen LogP) is 1.01. The van der Waals surface area contributed by atoms with E-state index in [2.05, 4.69) is 29.0 Å². The molecule has 7 heteroatoms. The highest BCUT2D eigenvalue weighted by molar-refractivity contribution is 5.80. The molecule has 0 bridgehead atoms. The van der Waals surface area contributed by atoms with Gasteiger partial charge in [0.05, 0.1) is 19.8 Å². The quantitative estimate of drug-likeness (QED) is 0.571. The molecule has 1 N–H and O–H groups in total. The van der Waals surface area contributed by atoms with Crippen LogP contribution in [-0.2, 0) is 9.53 Å². The molecule has 0 aromatic carbocycles. The number of nitrogens with one attached hydrogen (secondary N) is 1. The van der Waals surface area contributed by atoms with Crippen molar-refractivity contribution in [2.75, 3.05) is 72.1 Å². The summed E-state index contributed by atoms with van der Waals surface area (Å²) in [7, 11) is 0. The van der Waals surface area contributed by atoms with Gasteiger partial charge >= 0.3 is 0 Å². The van der Waals surface area contributed by atoms with Crippen LogP contribution in [0.1, 0.15) is 39.5 Å². The third kappa shape index (κ3) is 5.82. The summed E-state index contributed by atoms with van der Waals surface area (Å²) in [5, 5.41) is 3.47. The first-order valence-electron chi connectivity index (χ1n) is 10.7. The number of ether oxygens (including phenoxy) is 1. The van der Waals surface area contributed by atoms with Gasteiger partial charge in [-0.25, -0.2) is 0 Å². The summed E-state index contributed by atoms with van der Waals surface area (Å²) < 4.78 is 5.34. The minimum absolute atomic E-state index is 0.237. The van der Waals surface area contributed by atoms with Gasteiger partial charge in [-0.2, -0.15) is 0 Å². The van der Waals surface area contributed by atoms with Crippen LogP contribution in [0.4, 0.5) is 0 Å². The number of carbonyl (C=O) groups is 1. The summed E-state index contributed by atoms with van der Waals surface area (Å²) in [5.41, 5.74) is 0.382. The summed E-state index contributed by atoms with van der Waals surface area (Å²) in [6.45, 7) is 13.3. The molecule has 3 rings (SSSR count). The molecule has 2 saturated heterocycles. The van der Waals surface area contributed by atoms with Crippen LogP contribution < -0.4 is 5.32 Å². The fourth-order valence-electron chi connectivity index (χ4n) is 4.30. The van der Waals surface area contributed by atoms with Crippen LogP contribution in [0.2, 0.25) is 0 Å². The molecule has 7 nitrogen and oxygen atoms in total. The van der Waals surface area contributed by atoms with Gasteiger partial charge < -0.3 is 19.9 Å². The first kappa shape index (κ1) is 20.4. The monoisotopic (exact) mass is 379 g/mol. The maximum absolute atomic E-state index is 12.4. The van der Waals surface area contributed by atoms with Gasteiger partial charge in [-0.05, 0) is 25.2 Å². The maximum Gasteiger partial charge on any atom is 0.236 e. The number of rotatable bonds is 5. The van der Waals surface area contributed by atoms with Crippen LogP contribution in [0.5, 0.6) is 0 Å². The maximum atomic E-state index is 12.4. The number of carbonyl (C=O) groups excluding carboxylic acids is 1. The highest BCUT2D eigenvalue weighted by atomic mass is 16.5. The molecule has 1 aliphatic carbocycles. The number of amides is 1. The van der Waals surface area contributed by atoms with E-state index in [9.17, 15) is 4.79 Å². The lowest BCUT2D eigenvalue weighted by atomic mass is 9.89. The van der Waals surface area contributed by atoms with Gasteiger partial charge in [0.15, 0.2) is 5.96 Å². The number of hydrogen-bond donors (Lipinski definition) is 1. The molecule has 2 aliphatic heterocycles. The molecule has 0 aromatic rings. The van der Waals surface area contributed by atoms with E-state index in [0.717, 1.165) is 58.3 Å².